The van der Waals surface area contributed by atoms with Gasteiger partial charge in [0, 0.05) is 6.54 Å². The number of benzene rings is 2. The van der Waals surface area contributed by atoms with Gasteiger partial charge in [-0.1, -0.05) is 60.2 Å². The molecule has 0 N–H and O–H groups in total. The Morgan fingerprint density at radius 2 is 1.72 bits per heavy atom. The van der Waals surface area contributed by atoms with Gasteiger partial charge < -0.3 is 0 Å². The highest BCUT2D eigenvalue weighted by Gasteiger charge is 2.37. The zero-order chi connectivity index (χ0) is 12.4. The molecule has 0 aromatic heterocycles. The number of hydrogen-bond acceptors (Lipinski definition) is 2. The van der Waals surface area contributed by atoms with E-state index < -0.39 is 0 Å². The van der Waals surface area contributed by atoms with E-state index in [1.165, 1.54) is 16.7 Å². The molecule has 2 aromatic rings. The van der Waals surface area contributed by atoms with Gasteiger partial charge in [0.25, 0.3) is 0 Å². The van der Waals surface area contributed by atoms with E-state index in [2.05, 4.69) is 55.5 Å². The molecule has 0 aliphatic carbocycles. The number of rotatable bonds is 4. The van der Waals surface area contributed by atoms with Gasteiger partial charge in [-0.25, -0.2) is 0 Å². The fourth-order valence-corrected chi connectivity index (χ4v) is 2.11. The predicted octanol–water partition coefficient (Wildman–Crippen LogP) is 3.48. The molecule has 1 heterocycles. The summed E-state index contributed by atoms with van der Waals surface area (Å²) < 4.78 is 0. The quantitative estimate of drug-likeness (QED) is 0.759. The van der Waals surface area contributed by atoms with E-state index in [1.807, 2.05) is 11.1 Å². The Hall–Kier alpha value is -1.64. The molecule has 0 spiro atoms. The molecule has 92 valence electrons. The van der Waals surface area contributed by atoms with Crippen molar-refractivity contribution in [1.29, 1.82) is 0 Å². The van der Waals surface area contributed by atoms with Gasteiger partial charge in [-0.05, 0) is 24.5 Å². The lowest BCUT2D eigenvalue weighted by Crippen LogP contribution is -2.04. The molecule has 3 rings (SSSR count). The van der Waals surface area contributed by atoms with Crippen molar-refractivity contribution in [2.45, 2.75) is 19.6 Å². The maximum Gasteiger partial charge on any atom is 0.179 e. The topological polar surface area (TPSA) is 15.5 Å². The molecule has 2 nitrogen and oxygen atoms in total. The Kier molecular flexibility index (Phi) is 3.13. The van der Waals surface area contributed by atoms with E-state index in [4.69, 9.17) is 4.84 Å². The highest BCUT2D eigenvalue weighted by molar-refractivity contribution is 5.24. The molecule has 2 unspecified atom stereocenters. The summed E-state index contributed by atoms with van der Waals surface area (Å²) in [5.41, 5.74) is 3.89. The highest BCUT2D eigenvalue weighted by Crippen LogP contribution is 2.36. The molecule has 0 amide bonds. The van der Waals surface area contributed by atoms with Crippen LogP contribution in [0.5, 0.6) is 0 Å². The van der Waals surface area contributed by atoms with Gasteiger partial charge in [-0.15, -0.1) is 0 Å². The molecule has 0 bridgehead atoms. The third-order valence-electron chi connectivity index (χ3n) is 3.28. The van der Waals surface area contributed by atoms with E-state index in [0.29, 0.717) is 0 Å². The molecule has 1 saturated heterocycles. The molecular weight excluding hydrogens is 222 g/mol. The van der Waals surface area contributed by atoms with Gasteiger partial charge in [0.1, 0.15) is 0 Å². The van der Waals surface area contributed by atoms with E-state index in [1.54, 1.807) is 0 Å². The van der Waals surface area contributed by atoms with E-state index >= 15 is 0 Å². The van der Waals surface area contributed by atoms with Crippen molar-refractivity contribution in [2.75, 3.05) is 6.54 Å². The summed E-state index contributed by atoms with van der Waals surface area (Å²) in [7, 11) is 0. The van der Waals surface area contributed by atoms with Crippen molar-refractivity contribution in [3.8, 4) is 0 Å². The number of hydrogen-bond donors (Lipinski definition) is 0. The molecule has 1 fully saturated rings. The first-order chi connectivity index (χ1) is 8.83. The average Bonchev–Trinajstić information content (AvgIpc) is 3.18. The largest absolute Gasteiger partial charge is 0.270 e. The summed E-state index contributed by atoms with van der Waals surface area (Å²) in [6.45, 7) is 3.05. The van der Waals surface area contributed by atoms with Crippen molar-refractivity contribution >= 4 is 0 Å². The van der Waals surface area contributed by atoms with Crippen LogP contribution in [-0.2, 0) is 11.3 Å². The molecule has 1 aliphatic rings. The third kappa shape index (κ3) is 2.61. The van der Waals surface area contributed by atoms with Crippen LogP contribution >= 0.6 is 0 Å². The standard InChI is InChI=1S/C16H17NO/c1-13-7-9-15(10-8-13)16-17(18-16)12-11-14-5-3-2-4-6-14/h2-10,16H,11-12H2,1H3. The molecular formula is C16H17NO. The molecule has 18 heavy (non-hydrogen) atoms. The third-order valence-corrected chi connectivity index (χ3v) is 3.28. The molecule has 0 radical (unpaired) electrons. The maximum absolute atomic E-state index is 5.60. The van der Waals surface area contributed by atoms with Gasteiger partial charge in [-0.3, -0.25) is 4.84 Å². The van der Waals surface area contributed by atoms with Crippen LogP contribution in [0.1, 0.15) is 22.9 Å². The van der Waals surface area contributed by atoms with Gasteiger partial charge in [0.05, 0.1) is 0 Å². The summed E-state index contributed by atoms with van der Waals surface area (Å²) in [5, 5.41) is 2.04. The normalized spacial score (nSPS) is 21.8. The summed E-state index contributed by atoms with van der Waals surface area (Å²) in [5.74, 6) is 0. The van der Waals surface area contributed by atoms with Gasteiger partial charge in [-0.2, -0.15) is 5.06 Å². The molecule has 2 atom stereocenters. The zero-order valence-corrected chi connectivity index (χ0v) is 10.5. The average molecular weight is 239 g/mol. The lowest BCUT2D eigenvalue weighted by molar-refractivity contribution is 0.200. The summed E-state index contributed by atoms with van der Waals surface area (Å²) >= 11 is 0. The Bertz CT molecular complexity index is 506. The minimum absolute atomic E-state index is 0.161. The predicted molar refractivity (Wildman–Crippen MR) is 71.9 cm³/mol. The van der Waals surface area contributed by atoms with Crippen LogP contribution in [-0.4, -0.2) is 11.6 Å². The van der Waals surface area contributed by atoms with Crippen molar-refractivity contribution in [3.05, 3.63) is 71.3 Å². The molecule has 2 aromatic carbocycles. The number of nitrogens with zero attached hydrogens (tertiary/aromatic N) is 1. The van der Waals surface area contributed by atoms with Crippen LogP contribution in [0.25, 0.3) is 0 Å². The van der Waals surface area contributed by atoms with Crippen LogP contribution in [0.2, 0.25) is 0 Å². The summed E-state index contributed by atoms with van der Waals surface area (Å²) in [4.78, 5) is 5.60. The van der Waals surface area contributed by atoms with Crippen molar-refractivity contribution in [2.24, 2.45) is 0 Å². The summed E-state index contributed by atoms with van der Waals surface area (Å²) in [6, 6.07) is 19.1. The highest BCUT2D eigenvalue weighted by atomic mass is 16.8. The SMILES string of the molecule is Cc1ccc(C2ON2CCc2ccccc2)cc1. The Morgan fingerprint density at radius 3 is 2.44 bits per heavy atom. The van der Waals surface area contributed by atoms with Crippen molar-refractivity contribution in [3.63, 3.8) is 0 Å². The minimum Gasteiger partial charge on any atom is -0.270 e. The smallest absolute Gasteiger partial charge is 0.179 e. The van der Waals surface area contributed by atoms with Gasteiger partial charge in [0.15, 0.2) is 6.23 Å². The van der Waals surface area contributed by atoms with Gasteiger partial charge in [0.2, 0.25) is 0 Å². The Balaban J connectivity index is 1.54. The van der Waals surface area contributed by atoms with Crippen LogP contribution in [0.4, 0.5) is 0 Å². The lowest BCUT2D eigenvalue weighted by atomic mass is 10.1. The number of hydroxylamine groups is 2. The molecule has 2 heteroatoms. The van der Waals surface area contributed by atoms with E-state index in [-0.39, 0.29) is 6.23 Å². The van der Waals surface area contributed by atoms with Crippen molar-refractivity contribution < 1.29 is 4.84 Å². The summed E-state index contributed by atoms with van der Waals surface area (Å²) in [6.07, 6.45) is 1.19. The van der Waals surface area contributed by atoms with Crippen molar-refractivity contribution in [1.82, 2.24) is 5.06 Å². The first-order valence-electron chi connectivity index (χ1n) is 6.37. The Morgan fingerprint density at radius 1 is 1.00 bits per heavy atom. The first-order valence-corrected chi connectivity index (χ1v) is 6.37. The van der Waals surface area contributed by atoms with E-state index in [9.17, 15) is 0 Å². The monoisotopic (exact) mass is 239 g/mol. The van der Waals surface area contributed by atoms with Gasteiger partial charge >= 0.3 is 0 Å². The fourth-order valence-electron chi connectivity index (χ4n) is 2.11. The van der Waals surface area contributed by atoms with Crippen LogP contribution in [0.15, 0.2) is 54.6 Å². The molecule has 0 saturated carbocycles. The minimum atomic E-state index is 0.161. The fraction of sp³-hybridized carbons (Fsp3) is 0.250. The second-order valence-electron chi connectivity index (χ2n) is 4.74. The molecule has 1 aliphatic heterocycles. The van der Waals surface area contributed by atoms with Crippen LogP contribution in [0.3, 0.4) is 0 Å². The van der Waals surface area contributed by atoms with Crippen LogP contribution in [0, 0.1) is 6.92 Å². The zero-order valence-electron chi connectivity index (χ0n) is 10.5. The second kappa shape index (κ2) is 4.92. The van der Waals surface area contributed by atoms with Crippen LogP contribution < -0.4 is 0 Å². The maximum atomic E-state index is 5.60. The Labute approximate surface area is 108 Å². The lowest BCUT2D eigenvalue weighted by Gasteiger charge is -2.00. The second-order valence-corrected chi connectivity index (χ2v) is 4.74. The van der Waals surface area contributed by atoms with E-state index in [0.717, 1.165) is 13.0 Å². The number of aryl methyl sites for hydroxylation is 1. The first kappa shape index (κ1) is 11.5.